The van der Waals surface area contributed by atoms with Crippen molar-refractivity contribution in [3.63, 3.8) is 0 Å². The molecule has 4 rings (SSSR count). The number of hydrogen-bond acceptors (Lipinski definition) is 17. The lowest BCUT2D eigenvalue weighted by Gasteiger charge is -2.49. The molecule has 0 bridgehead atoms. The summed E-state index contributed by atoms with van der Waals surface area (Å²) in [5, 5.41) is 54.9. The molecule has 4 fully saturated rings. The van der Waals surface area contributed by atoms with E-state index in [0.29, 0.717) is 17.6 Å². The topological polar surface area (TPSA) is 306 Å². The third-order valence-electron chi connectivity index (χ3n) is 14.8. The SMILES string of the molecule is C/C=C(\C)C(=O)[C@@H](C)/C=C(\C)[C@H]1O[C@@](O)([C@@](O)(CC)C(=O)N[C@@H]2C(=O)N3NCCC[C@@H]3C(=O)N(O)[C@@H](COC)C(=O)N(C)[C@H](CC(C)C)C(=O)N3NCCC[C@H]3C(=O)N[C@H]([C@H](C)O)C(=O)O[C@H]2C(C)C)CC[C@@H]1C. The van der Waals surface area contributed by atoms with E-state index in [1.165, 1.54) is 41.9 Å². The maximum absolute atomic E-state index is 15.4. The Kier molecular flexibility index (Phi) is 21.9. The highest BCUT2D eigenvalue weighted by atomic mass is 16.7. The molecule has 418 valence electrons. The summed E-state index contributed by atoms with van der Waals surface area (Å²) in [7, 11) is 2.55. The largest absolute Gasteiger partial charge is 0.458 e. The molecule has 0 aromatic carbocycles. The van der Waals surface area contributed by atoms with E-state index in [-0.39, 0.29) is 74.3 Å². The third kappa shape index (κ3) is 13.6. The lowest BCUT2D eigenvalue weighted by molar-refractivity contribution is -0.325. The molecule has 0 radical (unpaired) electrons. The Morgan fingerprint density at radius 1 is 0.919 bits per heavy atom. The number of rotatable bonds is 14. The zero-order valence-corrected chi connectivity index (χ0v) is 45.5. The number of carbonyl (C=O) groups is 8. The van der Waals surface area contributed by atoms with E-state index in [0.717, 1.165) is 14.9 Å². The Bertz CT molecular complexity index is 2120. The summed E-state index contributed by atoms with van der Waals surface area (Å²) < 4.78 is 17.7. The van der Waals surface area contributed by atoms with E-state index in [1.807, 2.05) is 20.8 Å². The van der Waals surface area contributed by atoms with Crippen molar-refractivity contribution in [1.29, 1.82) is 0 Å². The van der Waals surface area contributed by atoms with Gasteiger partial charge in [0.1, 0.15) is 30.3 Å². The molecule has 4 aliphatic rings. The van der Waals surface area contributed by atoms with Gasteiger partial charge in [-0.1, -0.05) is 60.6 Å². The number of hydrazine groups is 2. The van der Waals surface area contributed by atoms with Gasteiger partial charge >= 0.3 is 5.97 Å². The minimum Gasteiger partial charge on any atom is -0.458 e. The predicted octanol–water partition coefficient (Wildman–Crippen LogP) is 0.778. The Balaban J connectivity index is 1.90. The van der Waals surface area contributed by atoms with E-state index in [4.69, 9.17) is 14.2 Å². The number of ketones is 1. The summed E-state index contributed by atoms with van der Waals surface area (Å²) in [6.45, 7) is 17.8. The van der Waals surface area contributed by atoms with Crippen molar-refractivity contribution in [2.24, 2.45) is 23.7 Å². The first-order chi connectivity index (χ1) is 34.6. The number of nitrogens with one attached hydrogen (secondary N) is 4. The van der Waals surface area contributed by atoms with Crippen molar-refractivity contribution in [2.75, 3.05) is 33.9 Å². The maximum Gasteiger partial charge on any atom is 0.331 e. The number of fused-ring (bicyclic) bond motifs is 2. The molecule has 4 heterocycles. The van der Waals surface area contributed by atoms with Crippen molar-refractivity contribution in [1.82, 2.24) is 41.5 Å². The van der Waals surface area contributed by atoms with Gasteiger partial charge in [-0.3, -0.25) is 48.8 Å². The number of cyclic esters (lactones) is 1. The Morgan fingerprint density at radius 2 is 1.51 bits per heavy atom. The number of ether oxygens (including phenoxy) is 3. The van der Waals surface area contributed by atoms with Gasteiger partial charge in [0.25, 0.3) is 29.5 Å². The van der Waals surface area contributed by atoms with Crippen LogP contribution in [0.4, 0.5) is 0 Å². The fourth-order valence-corrected chi connectivity index (χ4v) is 10.1. The summed E-state index contributed by atoms with van der Waals surface area (Å²) in [5.41, 5.74) is 4.08. The summed E-state index contributed by atoms with van der Waals surface area (Å²) >= 11 is 0. The average Bonchev–Trinajstić information content (AvgIpc) is 3.37. The normalized spacial score (nSPS) is 31.6. The van der Waals surface area contributed by atoms with E-state index in [9.17, 15) is 54.1 Å². The van der Waals surface area contributed by atoms with Gasteiger partial charge in [0, 0.05) is 39.6 Å². The molecule has 0 aromatic rings. The van der Waals surface area contributed by atoms with Crippen LogP contribution in [0.2, 0.25) is 0 Å². The highest BCUT2D eigenvalue weighted by Crippen LogP contribution is 2.42. The number of Topliss-reactive ketones (excluding diaryl/α,β-unsaturated/α-hetero) is 1. The number of likely N-dealkylation sites (N-methyl/N-ethyl adjacent to an activating group) is 1. The number of esters is 1. The van der Waals surface area contributed by atoms with E-state index in [2.05, 4.69) is 21.5 Å². The van der Waals surface area contributed by atoms with Gasteiger partial charge in [-0.25, -0.2) is 20.7 Å². The number of hydroxylamine groups is 2. The van der Waals surface area contributed by atoms with Crippen LogP contribution in [-0.2, 0) is 52.6 Å². The monoisotopic (exact) mass is 1050 g/mol. The Hall–Kier alpha value is -4.88. The molecule has 23 nitrogen and oxygen atoms in total. The summed E-state index contributed by atoms with van der Waals surface area (Å²) in [4.78, 5) is 117. The molecule has 23 heteroatoms. The summed E-state index contributed by atoms with van der Waals surface area (Å²) in [5.74, 6) is -12.1. The number of allylic oxidation sites excluding steroid dienone is 3. The van der Waals surface area contributed by atoms with Crippen LogP contribution in [-0.4, -0.2) is 188 Å². The smallest absolute Gasteiger partial charge is 0.331 e. The first-order valence-electron chi connectivity index (χ1n) is 26.0. The van der Waals surface area contributed by atoms with Crippen molar-refractivity contribution < 1.29 is 73.1 Å². The van der Waals surface area contributed by atoms with Crippen molar-refractivity contribution >= 4 is 47.2 Å². The van der Waals surface area contributed by atoms with Crippen LogP contribution >= 0.6 is 0 Å². The van der Waals surface area contributed by atoms with Crippen LogP contribution in [0.25, 0.3) is 0 Å². The van der Waals surface area contributed by atoms with Crippen LogP contribution in [0, 0.1) is 23.7 Å². The van der Waals surface area contributed by atoms with Crippen LogP contribution in [0.3, 0.4) is 0 Å². The first kappa shape index (κ1) is 61.7. The van der Waals surface area contributed by atoms with Crippen molar-refractivity contribution in [3.8, 4) is 0 Å². The number of methoxy groups -OCH3 is 1. The van der Waals surface area contributed by atoms with E-state index >= 15 is 4.79 Å². The molecule has 8 N–H and O–H groups in total. The first-order valence-corrected chi connectivity index (χ1v) is 26.0. The van der Waals surface area contributed by atoms with Crippen LogP contribution < -0.4 is 21.5 Å². The summed E-state index contributed by atoms with van der Waals surface area (Å²) in [6.07, 6.45) is -0.647. The quantitative estimate of drug-likeness (QED) is 0.0516. The lowest BCUT2D eigenvalue weighted by Crippen LogP contribution is -2.71. The third-order valence-corrected chi connectivity index (χ3v) is 14.8. The number of aliphatic hydroxyl groups is 3. The molecule has 0 saturated carbocycles. The highest BCUT2D eigenvalue weighted by Gasteiger charge is 2.59. The molecule has 74 heavy (non-hydrogen) atoms. The molecule has 13 atom stereocenters. The van der Waals surface area contributed by atoms with E-state index < -0.39 is 132 Å². The van der Waals surface area contributed by atoms with Crippen molar-refractivity contribution in [2.45, 2.75) is 193 Å². The molecule has 4 aliphatic heterocycles. The van der Waals surface area contributed by atoms with Crippen LogP contribution in [0.1, 0.15) is 128 Å². The second-order valence-electron chi connectivity index (χ2n) is 21.2. The average molecular weight is 1050 g/mol. The lowest BCUT2D eigenvalue weighted by atomic mass is 9.78. The Morgan fingerprint density at radius 3 is 2.05 bits per heavy atom. The fraction of sp³-hybridized carbons (Fsp3) is 0.765. The molecular weight excluding hydrogens is 965 g/mol. The van der Waals surface area contributed by atoms with Gasteiger partial charge in [-0.2, -0.15) is 0 Å². The van der Waals surface area contributed by atoms with Gasteiger partial charge in [0.2, 0.25) is 11.7 Å². The number of nitrogens with zero attached hydrogens (tertiary/aromatic N) is 4. The van der Waals surface area contributed by atoms with Crippen molar-refractivity contribution in [3.05, 3.63) is 23.3 Å². The standard InChI is InChI=1S/C51H84N8O15/c1-14-29(7)40(61)31(9)25-32(10)42-30(8)20-21-51(70,74-42)50(69,15-2)49(68)55-39-41(28(5)6)73-48(67)38(33(11)60)54-43(62)34-18-16-22-52-57(34)45(64)36(24-27(3)4)56(12)44(63)37(26-72-13)59(71)46(65)35-19-17-23-53-58(35)47(39)66/h14,25,27-28,30-31,33-39,41-42,52-53,60,69-71H,15-24,26H2,1-13H3,(H,54,62)(H,55,68)/b29-14+,32-25+/t30-,31-,33-,34-,35+,36+,37-,38+,39-,41-,42-,50+,51+/m0/s1. The number of amides is 6. The second-order valence-corrected chi connectivity index (χ2v) is 21.2. The molecule has 0 unspecified atom stereocenters. The molecule has 0 spiro atoms. The zero-order valence-electron chi connectivity index (χ0n) is 45.5. The molecular formula is C51H84N8O15. The summed E-state index contributed by atoms with van der Waals surface area (Å²) in [6, 6.07) is -9.78. The fourth-order valence-electron chi connectivity index (χ4n) is 10.1. The number of carbonyl (C=O) groups excluding carboxylic acids is 8. The highest BCUT2D eigenvalue weighted by molar-refractivity contribution is 5.98. The van der Waals surface area contributed by atoms with Gasteiger partial charge in [0.05, 0.1) is 18.8 Å². The maximum atomic E-state index is 15.4. The zero-order chi connectivity index (χ0) is 55.7. The number of aliphatic hydroxyl groups excluding tert-OH is 1. The molecule has 4 saturated heterocycles. The minimum atomic E-state index is -2.82. The van der Waals surface area contributed by atoms with Crippen LogP contribution in [0.15, 0.2) is 23.3 Å². The second kappa shape index (κ2) is 26.3. The molecule has 0 aromatic heterocycles. The van der Waals surface area contributed by atoms with Crippen LogP contribution in [0.5, 0.6) is 0 Å². The van der Waals surface area contributed by atoms with Gasteiger partial charge in [-0.15, -0.1) is 0 Å². The van der Waals surface area contributed by atoms with E-state index in [1.54, 1.807) is 39.8 Å². The molecule has 0 aliphatic carbocycles. The number of hydrogen-bond donors (Lipinski definition) is 8. The minimum absolute atomic E-state index is 0.0687. The Labute approximate surface area is 435 Å². The predicted molar refractivity (Wildman–Crippen MR) is 267 cm³/mol. The molecule has 6 amide bonds. The van der Waals surface area contributed by atoms with Gasteiger partial charge in [0.15, 0.2) is 23.5 Å². The van der Waals surface area contributed by atoms with Gasteiger partial charge < -0.3 is 45.1 Å². The van der Waals surface area contributed by atoms with Gasteiger partial charge in [-0.05, 0) is 102 Å².